The molecule has 0 saturated heterocycles. The van der Waals surface area contributed by atoms with Crippen molar-refractivity contribution < 1.29 is 0 Å². The number of rotatable bonds is 9. The third-order valence-electron chi connectivity index (χ3n) is 4.98. The molecule has 0 bridgehead atoms. The van der Waals surface area contributed by atoms with Gasteiger partial charge in [0, 0.05) is 43.7 Å². The van der Waals surface area contributed by atoms with Gasteiger partial charge in [0.1, 0.15) is 0 Å². The average molecular weight is 366 g/mol. The fraction of sp³-hybridized carbons (Fsp3) is 0.789. The molecule has 0 aliphatic heterocycles. The molecule has 1 fully saturated rings. The zero-order valence-corrected chi connectivity index (χ0v) is 17.0. The summed E-state index contributed by atoms with van der Waals surface area (Å²) in [5.41, 5.74) is 0. The van der Waals surface area contributed by atoms with Crippen molar-refractivity contribution in [3.8, 4) is 0 Å². The van der Waals surface area contributed by atoms with Gasteiger partial charge in [-0.05, 0) is 39.3 Å². The molecule has 142 valence electrons. The molecule has 1 saturated carbocycles. The first-order valence-electron chi connectivity index (χ1n) is 9.81. The van der Waals surface area contributed by atoms with Crippen LogP contribution in [0.4, 0.5) is 0 Å². The maximum absolute atomic E-state index is 4.46. The van der Waals surface area contributed by atoms with E-state index in [9.17, 15) is 0 Å². The van der Waals surface area contributed by atoms with E-state index in [-0.39, 0.29) is 0 Å². The van der Waals surface area contributed by atoms with Gasteiger partial charge in [0.05, 0.1) is 5.01 Å². The normalized spacial score (nSPS) is 16.4. The third-order valence-corrected chi connectivity index (χ3v) is 6.18. The van der Waals surface area contributed by atoms with Crippen molar-refractivity contribution in [3.05, 3.63) is 16.1 Å². The van der Waals surface area contributed by atoms with E-state index in [4.69, 9.17) is 0 Å². The molecule has 1 aliphatic carbocycles. The second kappa shape index (κ2) is 11.5. The Morgan fingerprint density at radius 2 is 2.04 bits per heavy atom. The molecule has 0 amide bonds. The summed E-state index contributed by atoms with van der Waals surface area (Å²) < 4.78 is 0. The highest BCUT2D eigenvalue weighted by atomic mass is 32.1. The number of nitrogens with zero attached hydrogens (tertiary/aromatic N) is 3. The summed E-state index contributed by atoms with van der Waals surface area (Å²) in [5, 5.41) is 8.02. The van der Waals surface area contributed by atoms with Gasteiger partial charge >= 0.3 is 0 Å². The summed E-state index contributed by atoms with van der Waals surface area (Å²) in [4.78, 5) is 12.7. The summed E-state index contributed by atoms with van der Waals surface area (Å²) in [7, 11) is 4.11. The molecule has 5 nitrogen and oxygen atoms in total. The van der Waals surface area contributed by atoms with Gasteiger partial charge in [-0.25, -0.2) is 4.98 Å². The van der Waals surface area contributed by atoms with Crippen LogP contribution in [0, 0.1) is 0 Å². The van der Waals surface area contributed by atoms with Crippen molar-refractivity contribution in [2.75, 3.05) is 33.7 Å². The molecule has 25 heavy (non-hydrogen) atoms. The van der Waals surface area contributed by atoms with Crippen LogP contribution < -0.4 is 10.6 Å². The van der Waals surface area contributed by atoms with Crippen LogP contribution in [0.1, 0.15) is 55.3 Å². The van der Waals surface area contributed by atoms with E-state index in [1.54, 1.807) is 0 Å². The van der Waals surface area contributed by atoms with Crippen molar-refractivity contribution in [2.24, 2.45) is 4.99 Å². The summed E-state index contributed by atoms with van der Waals surface area (Å²) in [6, 6.07) is 0.803. The number of guanidine groups is 1. The van der Waals surface area contributed by atoms with Gasteiger partial charge < -0.3 is 15.5 Å². The summed E-state index contributed by atoms with van der Waals surface area (Å²) in [5.74, 6) is 0.896. The zero-order valence-electron chi connectivity index (χ0n) is 16.2. The second-order valence-electron chi connectivity index (χ2n) is 6.88. The standard InChI is InChI=1S/C19H35N5S/c1-4-17-15-23-18(25-17)11-13-22-19(20-2)21-12-8-14-24(3)16-9-6-5-7-10-16/h15-16H,4-14H2,1-3H3,(H2,20,21,22). The van der Waals surface area contributed by atoms with Crippen LogP contribution in [-0.4, -0.2) is 55.6 Å². The first-order chi connectivity index (χ1) is 12.2. The molecule has 1 aromatic heterocycles. The van der Waals surface area contributed by atoms with Gasteiger partial charge in [-0.3, -0.25) is 4.99 Å². The average Bonchev–Trinajstić information content (AvgIpc) is 3.12. The molecular formula is C19H35N5S. The lowest BCUT2D eigenvalue weighted by Gasteiger charge is -2.31. The van der Waals surface area contributed by atoms with E-state index >= 15 is 0 Å². The van der Waals surface area contributed by atoms with Crippen molar-refractivity contribution in [2.45, 2.75) is 64.3 Å². The van der Waals surface area contributed by atoms with Crippen molar-refractivity contribution in [3.63, 3.8) is 0 Å². The largest absolute Gasteiger partial charge is 0.356 e. The number of nitrogens with one attached hydrogen (secondary N) is 2. The molecule has 6 heteroatoms. The van der Waals surface area contributed by atoms with Crippen molar-refractivity contribution in [1.29, 1.82) is 0 Å². The summed E-state index contributed by atoms with van der Waals surface area (Å²) in [6.07, 6.45) is 12.2. The van der Waals surface area contributed by atoms with E-state index in [2.05, 4.69) is 39.5 Å². The maximum Gasteiger partial charge on any atom is 0.190 e. The summed E-state index contributed by atoms with van der Waals surface area (Å²) in [6.45, 7) is 5.17. The predicted molar refractivity (Wildman–Crippen MR) is 109 cm³/mol. The molecular weight excluding hydrogens is 330 g/mol. The minimum atomic E-state index is 0.803. The minimum absolute atomic E-state index is 0.803. The van der Waals surface area contributed by atoms with Crippen LogP contribution in [0.5, 0.6) is 0 Å². The van der Waals surface area contributed by atoms with E-state index in [1.807, 2.05) is 24.6 Å². The Bertz CT molecular complexity index is 508. The third kappa shape index (κ3) is 7.32. The molecule has 1 aliphatic rings. The molecule has 0 unspecified atom stereocenters. The minimum Gasteiger partial charge on any atom is -0.356 e. The van der Waals surface area contributed by atoms with Crippen LogP contribution in [-0.2, 0) is 12.8 Å². The number of aryl methyl sites for hydroxylation is 1. The van der Waals surface area contributed by atoms with Crippen molar-refractivity contribution in [1.82, 2.24) is 20.5 Å². The van der Waals surface area contributed by atoms with Gasteiger partial charge in [-0.1, -0.05) is 26.2 Å². The molecule has 0 atom stereocenters. The van der Waals surface area contributed by atoms with E-state index < -0.39 is 0 Å². The quantitative estimate of drug-likeness (QED) is 0.401. The van der Waals surface area contributed by atoms with Gasteiger partial charge in [0.2, 0.25) is 0 Å². The number of aromatic nitrogens is 1. The molecule has 0 aromatic carbocycles. The molecule has 0 radical (unpaired) electrons. The highest BCUT2D eigenvalue weighted by Gasteiger charge is 2.17. The Balaban J connectivity index is 1.56. The van der Waals surface area contributed by atoms with Gasteiger partial charge in [0.15, 0.2) is 5.96 Å². The van der Waals surface area contributed by atoms with E-state index in [0.29, 0.717) is 0 Å². The van der Waals surface area contributed by atoms with Crippen LogP contribution in [0.3, 0.4) is 0 Å². The highest BCUT2D eigenvalue weighted by Crippen LogP contribution is 2.21. The zero-order chi connectivity index (χ0) is 17.9. The number of hydrogen-bond donors (Lipinski definition) is 2. The second-order valence-corrected chi connectivity index (χ2v) is 8.08. The van der Waals surface area contributed by atoms with Crippen LogP contribution in [0.15, 0.2) is 11.2 Å². The maximum atomic E-state index is 4.46. The molecule has 1 aromatic rings. The van der Waals surface area contributed by atoms with E-state index in [0.717, 1.165) is 50.9 Å². The smallest absolute Gasteiger partial charge is 0.190 e. The Labute approximate surface area is 157 Å². The van der Waals surface area contributed by atoms with Crippen LogP contribution >= 0.6 is 11.3 Å². The lowest BCUT2D eigenvalue weighted by Crippen LogP contribution is -2.40. The summed E-state index contributed by atoms with van der Waals surface area (Å²) >= 11 is 1.81. The van der Waals surface area contributed by atoms with Crippen molar-refractivity contribution >= 4 is 17.3 Å². The lowest BCUT2D eigenvalue weighted by molar-refractivity contribution is 0.190. The highest BCUT2D eigenvalue weighted by molar-refractivity contribution is 7.11. The lowest BCUT2D eigenvalue weighted by atomic mass is 9.94. The van der Waals surface area contributed by atoms with E-state index in [1.165, 1.54) is 42.0 Å². The first-order valence-corrected chi connectivity index (χ1v) is 10.6. The Hall–Kier alpha value is -1.14. The van der Waals surface area contributed by atoms with Gasteiger partial charge in [-0.2, -0.15) is 0 Å². The molecule has 1 heterocycles. The topological polar surface area (TPSA) is 52.6 Å². The molecule has 0 spiro atoms. The van der Waals surface area contributed by atoms with Gasteiger partial charge in [0.25, 0.3) is 0 Å². The fourth-order valence-electron chi connectivity index (χ4n) is 3.38. The SMILES string of the molecule is CCc1cnc(CCNC(=NC)NCCCN(C)C2CCCCC2)s1. The number of aliphatic imine (C=N–C) groups is 1. The predicted octanol–water partition coefficient (Wildman–Crippen LogP) is 3.07. The Morgan fingerprint density at radius 3 is 2.72 bits per heavy atom. The fourth-order valence-corrected chi connectivity index (χ4v) is 4.24. The Morgan fingerprint density at radius 1 is 1.28 bits per heavy atom. The van der Waals surface area contributed by atoms with Crippen LogP contribution in [0.25, 0.3) is 0 Å². The van der Waals surface area contributed by atoms with Gasteiger partial charge in [-0.15, -0.1) is 11.3 Å². The Kier molecular flexibility index (Phi) is 9.26. The van der Waals surface area contributed by atoms with Crippen LogP contribution in [0.2, 0.25) is 0 Å². The molecule has 2 N–H and O–H groups in total. The molecule has 2 rings (SSSR count). The number of thiazole rings is 1. The first kappa shape index (κ1) is 20.2. The monoisotopic (exact) mass is 365 g/mol. The number of hydrogen-bond acceptors (Lipinski definition) is 4.